The summed E-state index contributed by atoms with van der Waals surface area (Å²) in [5.74, 6) is 0.285. The number of pyridine rings is 1. The molecule has 0 unspecified atom stereocenters. The summed E-state index contributed by atoms with van der Waals surface area (Å²) in [6.07, 6.45) is 0. The van der Waals surface area contributed by atoms with E-state index < -0.39 is 0 Å². The lowest BCUT2D eigenvalue weighted by Crippen LogP contribution is -2.30. The lowest BCUT2D eigenvalue weighted by molar-refractivity contribution is 0.249. The fourth-order valence-electron chi connectivity index (χ4n) is 2.15. The van der Waals surface area contributed by atoms with Gasteiger partial charge in [0.15, 0.2) is 0 Å². The monoisotopic (exact) mass is 260 g/mol. The Morgan fingerprint density at radius 2 is 2.00 bits per heavy atom. The van der Waals surface area contributed by atoms with Crippen molar-refractivity contribution in [3.63, 3.8) is 0 Å². The molecule has 4 heteroatoms. The summed E-state index contributed by atoms with van der Waals surface area (Å²) in [6, 6.07) is 9.29. The zero-order valence-corrected chi connectivity index (χ0v) is 11.6. The molecule has 102 valence electrons. The molecule has 2 aromatic rings. The second-order valence-electron chi connectivity index (χ2n) is 5.15. The SMILES string of the molecule is CC(C)[C@@H](CO)Nc1cc(=O)n(C)c2ccccc12. The Morgan fingerprint density at radius 1 is 1.32 bits per heavy atom. The molecule has 0 aliphatic rings. The number of aromatic nitrogens is 1. The van der Waals surface area contributed by atoms with E-state index in [2.05, 4.69) is 5.32 Å². The van der Waals surface area contributed by atoms with Gasteiger partial charge in [-0.25, -0.2) is 0 Å². The predicted molar refractivity (Wildman–Crippen MR) is 78.5 cm³/mol. The highest BCUT2D eigenvalue weighted by Crippen LogP contribution is 2.22. The average Bonchev–Trinajstić information content (AvgIpc) is 2.41. The first-order valence-electron chi connectivity index (χ1n) is 6.50. The standard InChI is InChI=1S/C15H20N2O2/c1-10(2)13(9-18)16-12-8-15(19)17(3)14-7-5-4-6-11(12)14/h4-8,10,13,16,18H,9H2,1-3H3/t13-/m1/s1. The van der Waals surface area contributed by atoms with Crippen LogP contribution in [0.15, 0.2) is 35.1 Å². The average molecular weight is 260 g/mol. The van der Waals surface area contributed by atoms with Gasteiger partial charge in [0.2, 0.25) is 0 Å². The van der Waals surface area contributed by atoms with Crippen LogP contribution in [0.4, 0.5) is 5.69 Å². The number of hydrogen-bond donors (Lipinski definition) is 2. The summed E-state index contributed by atoms with van der Waals surface area (Å²) >= 11 is 0. The normalized spacial score (nSPS) is 12.9. The second kappa shape index (κ2) is 5.45. The van der Waals surface area contributed by atoms with Gasteiger partial charge in [0, 0.05) is 24.2 Å². The summed E-state index contributed by atoms with van der Waals surface area (Å²) in [6.45, 7) is 4.12. The molecule has 2 rings (SSSR count). The van der Waals surface area contributed by atoms with E-state index in [-0.39, 0.29) is 24.1 Å². The minimum absolute atomic E-state index is 0.0429. The Morgan fingerprint density at radius 3 is 2.63 bits per heavy atom. The van der Waals surface area contributed by atoms with Crippen molar-refractivity contribution in [1.82, 2.24) is 4.57 Å². The predicted octanol–water partition coefficient (Wildman–Crippen LogP) is 1.97. The first kappa shape index (κ1) is 13.6. The maximum Gasteiger partial charge on any atom is 0.252 e. The molecular formula is C15H20N2O2. The topological polar surface area (TPSA) is 54.3 Å². The van der Waals surface area contributed by atoms with Crippen molar-refractivity contribution < 1.29 is 5.11 Å². The summed E-state index contributed by atoms with van der Waals surface area (Å²) < 4.78 is 1.63. The summed E-state index contributed by atoms with van der Waals surface area (Å²) in [5, 5.41) is 13.7. The molecule has 0 radical (unpaired) electrons. The molecule has 0 fully saturated rings. The van der Waals surface area contributed by atoms with Crippen molar-refractivity contribution in [1.29, 1.82) is 0 Å². The minimum atomic E-state index is -0.0597. The van der Waals surface area contributed by atoms with Gasteiger partial charge in [-0.3, -0.25) is 4.79 Å². The van der Waals surface area contributed by atoms with Crippen LogP contribution < -0.4 is 10.9 Å². The van der Waals surface area contributed by atoms with Crippen LogP contribution in [0.3, 0.4) is 0 Å². The van der Waals surface area contributed by atoms with Crippen molar-refractivity contribution >= 4 is 16.6 Å². The van der Waals surface area contributed by atoms with Crippen LogP contribution in [0, 0.1) is 5.92 Å². The van der Waals surface area contributed by atoms with Crippen molar-refractivity contribution in [2.75, 3.05) is 11.9 Å². The second-order valence-corrected chi connectivity index (χ2v) is 5.15. The molecular weight excluding hydrogens is 240 g/mol. The van der Waals surface area contributed by atoms with Crippen LogP contribution in [-0.2, 0) is 7.05 Å². The number of aryl methyl sites for hydroxylation is 1. The third-order valence-corrected chi connectivity index (χ3v) is 3.50. The minimum Gasteiger partial charge on any atom is -0.394 e. The Labute approximate surface area is 112 Å². The fraction of sp³-hybridized carbons (Fsp3) is 0.400. The number of aliphatic hydroxyl groups is 1. The van der Waals surface area contributed by atoms with Crippen molar-refractivity contribution in [3.05, 3.63) is 40.7 Å². The van der Waals surface area contributed by atoms with E-state index in [0.29, 0.717) is 0 Å². The number of fused-ring (bicyclic) bond motifs is 1. The quantitative estimate of drug-likeness (QED) is 0.883. The summed E-state index contributed by atoms with van der Waals surface area (Å²) in [7, 11) is 1.76. The smallest absolute Gasteiger partial charge is 0.252 e. The van der Waals surface area contributed by atoms with Gasteiger partial charge < -0.3 is 15.0 Å². The fourth-order valence-corrected chi connectivity index (χ4v) is 2.15. The van der Waals surface area contributed by atoms with E-state index in [0.717, 1.165) is 16.6 Å². The van der Waals surface area contributed by atoms with Crippen LogP contribution in [0.1, 0.15) is 13.8 Å². The molecule has 0 saturated carbocycles. The van der Waals surface area contributed by atoms with Gasteiger partial charge >= 0.3 is 0 Å². The highest BCUT2D eigenvalue weighted by molar-refractivity contribution is 5.91. The highest BCUT2D eigenvalue weighted by atomic mass is 16.3. The first-order valence-corrected chi connectivity index (χ1v) is 6.50. The van der Waals surface area contributed by atoms with Gasteiger partial charge in [-0.2, -0.15) is 0 Å². The molecule has 2 N–H and O–H groups in total. The number of nitrogens with zero attached hydrogens (tertiary/aromatic N) is 1. The third kappa shape index (κ3) is 2.63. The summed E-state index contributed by atoms with van der Waals surface area (Å²) in [5.41, 5.74) is 1.62. The Bertz CT molecular complexity index is 632. The molecule has 1 atom stereocenters. The zero-order chi connectivity index (χ0) is 14.0. The first-order chi connectivity index (χ1) is 9.04. The van der Waals surface area contributed by atoms with E-state index in [1.165, 1.54) is 0 Å². The third-order valence-electron chi connectivity index (χ3n) is 3.50. The number of rotatable bonds is 4. The van der Waals surface area contributed by atoms with Gasteiger partial charge in [0.1, 0.15) is 0 Å². The molecule has 0 aliphatic carbocycles. The maximum absolute atomic E-state index is 12.0. The molecule has 19 heavy (non-hydrogen) atoms. The molecule has 1 heterocycles. The number of aliphatic hydroxyl groups excluding tert-OH is 1. The van der Waals surface area contributed by atoms with Crippen LogP contribution in [0.2, 0.25) is 0 Å². The highest BCUT2D eigenvalue weighted by Gasteiger charge is 2.14. The molecule has 1 aromatic heterocycles. The van der Waals surface area contributed by atoms with Crippen molar-refractivity contribution in [3.8, 4) is 0 Å². The molecule has 0 saturated heterocycles. The molecule has 0 aliphatic heterocycles. The van der Waals surface area contributed by atoms with Gasteiger partial charge in [-0.15, -0.1) is 0 Å². The van der Waals surface area contributed by atoms with E-state index in [4.69, 9.17) is 0 Å². The van der Waals surface area contributed by atoms with E-state index in [1.54, 1.807) is 17.7 Å². The van der Waals surface area contributed by atoms with Gasteiger partial charge in [0.25, 0.3) is 5.56 Å². The summed E-state index contributed by atoms with van der Waals surface area (Å²) in [4.78, 5) is 12.0. The molecule has 1 aromatic carbocycles. The van der Waals surface area contributed by atoms with Gasteiger partial charge in [-0.05, 0) is 12.0 Å². The van der Waals surface area contributed by atoms with Crippen LogP contribution in [0.5, 0.6) is 0 Å². The Hall–Kier alpha value is -1.81. The molecule has 4 nitrogen and oxygen atoms in total. The number of benzene rings is 1. The van der Waals surface area contributed by atoms with Gasteiger partial charge in [-0.1, -0.05) is 32.0 Å². The lowest BCUT2D eigenvalue weighted by Gasteiger charge is -2.22. The van der Waals surface area contributed by atoms with Gasteiger partial charge in [0.05, 0.1) is 18.2 Å². The van der Waals surface area contributed by atoms with Crippen LogP contribution in [-0.4, -0.2) is 22.3 Å². The van der Waals surface area contributed by atoms with E-state index >= 15 is 0 Å². The van der Waals surface area contributed by atoms with Crippen molar-refractivity contribution in [2.24, 2.45) is 13.0 Å². The number of para-hydroxylation sites is 1. The molecule has 0 spiro atoms. The largest absolute Gasteiger partial charge is 0.394 e. The zero-order valence-electron chi connectivity index (χ0n) is 11.6. The van der Waals surface area contributed by atoms with E-state index in [1.807, 2.05) is 38.1 Å². The lowest BCUT2D eigenvalue weighted by atomic mass is 10.0. The molecule has 0 amide bonds. The van der Waals surface area contributed by atoms with Crippen molar-refractivity contribution in [2.45, 2.75) is 19.9 Å². The number of anilines is 1. The number of hydrogen-bond acceptors (Lipinski definition) is 3. The Kier molecular flexibility index (Phi) is 3.90. The maximum atomic E-state index is 12.0. The Balaban J connectivity index is 2.55. The van der Waals surface area contributed by atoms with Crippen LogP contribution >= 0.6 is 0 Å². The molecule has 0 bridgehead atoms. The number of nitrogens with one attached hydrogen (secondary N) is 1. The van der Waals surface area contributed by atoms with E-state index in [9.17, 15) is 9.90 Å². The van der Waals surface area contributed by atoms with Crippen LogP contribution in [0.25, 0.3) is 10.9 Å².